The van der Waals surface area contributed by atoms with Crippen LogP contribution in [0.25, 0.3) is 0 Å². The summed E-state index contributed by atoms with van der Waals surface area (Å²) in [7, 11) is 0. The average Bonchev–Trinajstić information content (AvgIpc) is 2.38. The molecule has 0 fully saturated rings. The molecule has 2 aromatic rings. The summed E-state index contributed by atoms with van der Waals surface area (Å²) in [5.74, 6) is -4.12. The van der Waals surface area contributed by atoms with Crippen LogP contribution in [-0.2, 0) is 0 Å². The minimum atomic E-state index is -1.46. The second kappa shape index (κ2) is 5.92. The van der Waals surface area contributed by atoms with Gasteiger partial charge in [-0.05, 0) is 6.07 Å². The van der Waals surface area contributed by atoms with E-state index in [1.165, 1.54) is 12.1 Å². The van der Waals surface area contributed by atoms with Gasteiger partial charge < -0.3 is 9.84 Å². The van der Waals surface area contributed by atoms with Gasteiger partial charge in [0.2, 0.25) is 0 Å². The lowest BCUT2D eigenvalue weighted by atomic mass is 10.1. The van der Waals surface area contributed by atoms with Crippen LogP contribution < -0.4 is 4.74 Å². The van der Waals surface area contributed by atoms with E-state index in [0.717, 1.165) is 18.2 Å². The standard InChI is InChI=1S/C14H10F4O2/c15-8-4-9(16)6-10(5-8)20-7-13(19)11-2-1-3-12(17)14(11)18/h1-6,13,19H,7H2. The first-order valence-corrected chi connectivity index (χ1v) is 5.68. The molecule has 106 valence electrons. The van der Waals surface area contributed by atoms with Crippen LogP contribution in [0.5, 0.6) is 5.75 Å². The highest BCUT2D eigenvalue weighted by Crippen LogP contribution is 2.21. The summed E-state index contributed by atoms with van der Waals surface area (Å²) in [6.45, 7) is -0.469. The van der Waals surface area contributed by atoms with Gasteiger partial charge in [-0.1, -0.05) is 12.1 Å². The van der Waals surface area contributed by atoms with Crippen LogP contribution in [0.4, 0.5) is 17.6 Å². The lowest BCUT2D eigenvalue weighted by Gasteiger charge is -2.13. The zero-order chi connectivity index (χ0) is 14.7. The molecule has 0 aliphatic rings. The van der Waals surface area contributed by atoms with E-state index in [0.29, 0.717) is 6.07 Å². The summed E-state index contributed by atoms with van der Waals surface area (Å²) in [5, 5.41) is 9.71. The van der Waals surface area contributed by atoms with E-state index >= 15 is 0 Å². The molecule has 2 aromatic carbocycles. The topological polar surface area (TPSA) is 29.5 Å². The first-order chi connectivity index (χ1) is 9.47. The Kier molecular flexibility index (Phi) is 4.24. The minimum Gasteiger partial charge on any atom is -0.490 e. The van der Waals surface area contributed by atoms with E-state index in [4.69, 9.17) is 4.74 Å². The molecule has 0 aliphatic carbocycles. The van der Waals surface area contributed by atoms with Crippen LogP contribution in [-0.4, -0.2) is 11.7 Å². The van der Waals surface area contributed by atoms with Gasteiger partial charge in [0.05, 0.1) is 0 Å². The number of aliphatic hydroxyl groups is 1. The predicted molar refractivity (Wildman–Crippen MR) is 63.2 cm³/mol. The molecule has 1 unspecified atom stereocenters. The van der Waals surface area contributed by atoms with Gasteiger partial charge in [-0.25, -0.2) is 17.6 Å². The average molecular weight is 286 g/mol. The quantitative estimate of drug-likeness (QED) is 0.873. The van der Waals surface area contributed by atoms with Gasteiger partial charge >= 0.3 is 0 Å². The van der Waals surface area contributed by atoms with Crippen LogP contribution in [0, 0.1) is 23.3 Å². The molecule has 0 bridgehead atoms. The largest absolute Gasteiger partial charge is 0.490 e. The molecular formula is C14H10F4O2. The highest BCUT2D eigenvalue weighted by Gasteiger charge is 2.16. The fraction of sp³-hybridized carbons (Fsp3) is 0.143. The third kappa shape index (κ3) is 3.27. The molecule has 1 N–H and O–H groups in total. The fourth-order valence-corrected chi connectivity index (χ4v) is 1.65. The van der Waals surface area contributed by atoms with Crippen molar-refractivity contribution in [2.45, 2.75) is 6.10 Å². The molecule has 0 amide bonds. The Morgan fingerprint density at radius 1 is 1.00 bits per heavy atom. The summed E-state index contributed by atoms with van der Waals surface area (Å²) in [5.41, 5.74) is -0.290. The lowest BCUT2D eigenvalue weighted by Crippen LogP contribution is -2.12. The lowest BCUT2D eigenvalue weighted by molar-refractivity contribution is 0.104. The van der Waals surface area contributed by atoms with Crippen molar-refractivity contribution >= 4 is 0 Å². The number of hydrogen-bond acceptors (Lipinski definition) is 2. The maximum Gasteiger partial charge on any atom is 0.164 e. The van der Waals surface area contributed by atoms with Crippen LogP contribution in [0.1, 0.15) is 11.7 Å². The Morgan fingerprint density at radius 3 is 2.30 bits per heavy atom. The van der Waals surface area contributed by atoms with E-state index in [2.05, 4.69) is 0 Å². The predicted octanol–water partition coefficient (Wildman–Crippen LogP) is 3.36. The Labute approximate surface area is 112 Å². The molecule has 2 rings (SSSR count). The minimum absolute atomic E-state index is 0.154. The molecule has 2 nitrogen and oxygen atoms in total. The number of ether oxygens (including phenoxy) is 1. The fourth-order valence-electron chi connectivity index (χ4n) is 1.65. The van der Waals surface area contributed by atoms with Crippen molar-refractivity contribution in [2.75, 3.05) is 6.61 Å². The van der Waals surface area contributed by atoms with Crippen molar-refractivity contribution < 1.29 is 27.4 Å². The van der Waals surface area contributed by atoms with Gasteiger partial charge in [-0.15, -0.1) is 0 Å². The molecule has 0 saturated carbocycles. The Morgan fingerprint density at radius 2 is 1.65 bits per heavy atom. The van der Waals surface area contributed by atoms with Crippen LogP contribution in [0.3, 0.4) is 0 Å². The highest BCUT2D eigenvalue weighted by atomic mass is 19.2. The van der Waals surface area contributed by atoms with Crippen molar-refractivity contribution in [1.82, 2.24) is 0 Å². The maximum atomic E-state index is 13.4. The molecule has 0 radical (unpaired) electrons. The molecule has 6 heteroatoms. The van der Waals surface area contributed by atoms with Gasteiger partial charge in [0.1, 0.15) is 30.1 Å². The van der Waals surface area contributed by atoms with Crippen molar-refractivity contribution in [1.29, 1.82) is 0 Å². The Balaban J connectivity index is 2.08. The normalized spacial score (nSPS) is 12.2. The number of hydrogen-bond donors (Lipinski definition) is 1. The maximum absolute atomic E-state index is 13.4. The van der Waals surface area contributed by atoms with Crippen molar-refractivity contribution in [3.8, 4) is 5.75 Å². The molecule has 0 aromatic heterocycles. The zero-order valence-corrected chi connectivity index (χ0v) is 10.1. The molecular weight excluding hydrogens is 276 g/mol. The molecule has 0 aliphatic heterocycles. The molecule has 0 heterocycles. The summed E-state index contributed by atoms with van der Waals surface area (Å²) in [6.07, 6.45) is -1.46. The van der Waals surface area contributed by atoms with Crippen molar-refractivity contribution in [3.63, 3.8) is 0 Å². The Bertz CT molecular complexity index is 596. The van der Waals surface area contributed by atoms with Crippen molar-refractivity contribution in [3.05, 3.63) is 65.2 Å². The number of aliphatic hydroxyl groups excluding tert-OH is 1. The summed E-state index contributed by atoms with van der Waals surface area (Å²) in [6, 6.07) is 5.83. The summed E-state index contributed by atoms with van der Waals surface area (Å²) >= 11 is 0. The summed E-state index contributed by atoms with van der Waals surface area (Å²) in [4.78, 5) is 0. The molecule has 1 atom stereocenters. The van der Waals surface area contributed by atoms with E-state index in [-0.39, 0.29) is 11.3 Å². The smallest absolute Gasteiger partial charge is 0.164 e. The molecule has 0 spiro atoms. The first kappa shape index (κ1) is 14.3. The van der Waals surface area contributed by atoms with Gasteiger partial charge in [0.25, 0.3) is 0 Å². The third-order valence-corrected chi connectivity index (χ3v) is 2.58. The zero-order valence-electron chi connectivity index (χ0n) is 10.1. The number of halogens is 4. The monoisotopic (exact) mass is 286 g/mol. The van der Waals surface area contributed by atoms with E-state index < -0.39 is 36.0 Å². The molecule has 0 saturated heterocycles. The van der Waals surface area contributed by atoms with Gasteiger partial charge in [-0.2, -0.15) is 0 Å². The van der Waals surface area contributed by atoms with Crippen molar-refractivity contribution in [2.24, 2.45) is 0 Å². The van der Waals surface area contributed by atoms with Crippen LogP contribution in [0.15, 0.2) is 36.4 Å². The molecule has 20 heavy (non-hydrogen) atoms. The second-order valence-corrected chi connectivity index (χ2v) is 4.07. The third-order valence-electron chi connectivity index (χ3n) is 2.58. The van der Waals surface area contributed by atoms with E-state index in [1.807, 2.05) is 0 Å². The van der Waals surface area contributed by atoms with Crippen LogP contribution in [0.2, 0.25) is 0 Å². The SMILES string of the molecule is OC(COc1cc(F)cc(F)c1)c1cccc(F)c1F. The van der Waals surface area contributed by atoms with E-state index in [9.17, 15) is 22.7 Å². The van der Waals surface area contributed by atoms with Gasteiger partial charge in [0.15, 0.2) is 11.6 Å². The van der Waals surface area contributed by atoms with Gasteiger partial charge in [0, 0.05) is 23.8 Å². The highest BCUT2D eigenvalue weighted by molar-refractivity contribution is 5.25. The van der Waals surface area contributed by atoms with Crippen LogP contribution >= 0.6 is 0 Å². The number of benzene rings is 2. The first-order valence-electron chi connectivity index (χ1n) is 5.68. The summed E-state index contributed by atoms with van der Waals surface area (Å²) < 4.78 is 57.1. The number of rotatable bonds is 4. The second-order valence-electron chi connectivity index (χ2n) is 4.07. The Hall–Kier alpha value is -2.08. The van der Waals surface area contributed by atoms with Gasteiger partial charge in [-0.3, -0.25) is 0 Å². The van der Waals surface area contributed by atoms with E-state index in [1.54, 1.807) is 0 Å².